The minimum atomic E-state index is -0.409. The molecule has 2 fully saturated rings. The Balaban J connectivity index is 1.53. The highest BCUT2D eigenvalue weighted by Crippen LogP contribution is 2.39. The molecule has 2 aliphatic rings. The fourth-order valence-corrected chi connectivity index (χ4v) is 5.58. The molecule has 0 atom stereocenters. The lowest BCUT2D eigenvalue weighted by atomic mass is 9.88. The third kappa shape index (κ3) is 4.72. The van der Waals surface area contributed by atoms with E-state index in [2.05, 4.69) is 39.9 Å². The largest absolute Gasteiger partial charge is 0.378 e. The Kier molecular flexibility index (Phi) is 6.91. The summed E-state index contributed by atoms with van der Waals surface area (Å²) < 4.78 is 7.60. The van der Waals surface area contributed by atoms with Gasteiger partial charge in [0.2, 0.25) is 5.43 Å². The molecular formula is C29H35N3O3. The van der Waals surface area contributed by atoms with E-state index < -0.39 is 5.54 Å². The van der Waals surface area contributed by atoms with E-state index in [-0.39, 0.29) is 16.9 Å². The fourth-order valence-electron chi connectivity index (χ4n) is 5.58. The Morgan fingerprint density at radius 3 is 2.51 bits per heavy atom. The minimum Gasteiger partial charge on any atom is -0.378 e. The van der Waals surface area contributed by atoms with Gasteiger partial charge in [-0.3, -0.25) is 9.59 Å². The normalized spacial score (nSPS) is 17.6. The van der Waals surface area contributed by atoms with Gasteiger partial charge in [-0.15, -0.1) is 0 Å². The number of anilines is 1. The molecule has 1 aliphatic heterocycles. The van der Waals surface area contributed by atoms with Crippen LogP contribution in [0.2, 0.25) is 0 Å². The molecule has 6 heteroatoms. The molecule has 1 saturated heterocycles. The molecule has 1 N–H and O–H groups in total. The zero-order valence-corrected chi connectivity index (χ0v) is 20.6. The summed E-state index contributed by atoms with van der Waals surface area (Å²) in [6.07, 6.45) is 7.72. The predicted octanol–water partition coefficient (Wildman–Crippen LogP) is 4.84. The van der Waals surface area contributed by atoms with Gasteiger partial charge in [-0.25, -0.2) is 0 Å². The summed E-state index contributed by atoms with van der Waals surface area (Å²) in [5.41, 5.74) is 2.73. The smallest absolute Gasteiger partial charge is 0.257 e. The van der Waals surface area contributed by atoms with Crippen LogP contribution in [-0.2, 0) is 16.8 Å². The Labute approximate surface area is 206 Å². The number of carbonyl (C=O) groups excluding carboxylic acids is 1. The first kappa shape index (κ1) is 23.6. The van der Waals surface area contributed by atoms with Gasteiger partial charge in [0, 0.05) is 36.9 Å². The van der Waals surface area contributed by atoms with Gasteiger partial charge < -0.3 is 19.5 Å². The molecule has 2 heterocycles. The molecule has 184 valence electrons. The minimum absolute atomic E-state index is 0.194. The summed E-state index contributed by atoms with van der Waals surface area (Å²) in [4.78, 5) is 29.5. The third-order valence-corrected chi connectivity index (χ3v) is 7.57. The molecule has 1 aliphatic carbocycles. The van der Waals surface area contributed by atoms with Crippen molar-refractivity contribution in [3.05, 3.63) is 76.1 Å². The van der Waals surface area contributed by atoms with E-state index in [4.69, 9.17) is 4.74 Å². The van der Waals surface area contributed by atoms with Crippen molar-refractivity contribution in [3.63, 3.8) is 0 Å². The number of nitrogens with one attached hydrogen (secondary N) is 1. The number of hydrogen-bond donors (Lipinski definition) is 1. The average molecular weight is 474 g/mol. The van der Waals surface area contributed by atoms with Crippen LogP contribution >= 0.6 is 0 Å². The SMILES string of the molecule is CCCCn1cc(C(=O)NC2(c3ccccc3)CCCC2)c(=O)c2ccc(N3CCOCC3)cc21. The number of amides is 1. The van der Waals surface area contributed by atoms with Crippen LogP contribution in [-0.4, -0.2) is 36.8 Å². The Hall–Kier alpha value is -3.12. The lowest BCUT2D eigenvalue weighted by Gasteiger charge is -2.31. The van der Waals surface area contributed by atoms with Crippen molar-refractivity contribution in [2.45, 2.75) is 57.5 Å². The molecule has 0 radical (unpaired) electrons. The van der Waals surface area contributed by atoms with E-state index in [1.54, 1.807) is 6.20 Å². The second-order valence-corrected chi connectivity index (χ2v) is 9.83. The summed E-state index contributed by atoms with van der Waals surface area (Å²) in [6, 6.07) is 16.2. The molecule has 0 bridgehead atoms. The highest BCUT2D eigenvalue weighted by molar-refractivity contribution is 5.98. The van der Waals surface area contributed by atoms with E-state index >= 15 is 0 Å². The Morgan fingerprint density at radius 1 is 1.06 bits per heavy atom. The number of morpholine rings is 1. The summed E-state index contributed by atoms with van der Waals surface area (Å²) in [7, 11) is 0. The van der Waals surface area contributed by atoms with Crippen LogP contribution in [0.3, 0.4) is 0 Å². The first-order chi connectivity index (χ1) is 17.1. The molecule has 0 unspecified atom stereocenters. The van der Waals surface area contributed by atoms with Gasteiger partial charge in [-0.1, -0.05) is 56.5 Å². The van der Waals surface area contributed by atoms with Crippen LogP contribution < -0.4 is 15.6 Å². The molecule has 6 nitrogen and oxygen atoms in total. The van der Waals surface area contributed by atoms with E-state index in [9.17, 15) is 9.59 Å². The molecule has 1 saturated carbocycles. The van der Waals surface area contributed by atoms with Crippen molar-refractivity contribution in [1.29, 1.82) is 0 Å². The second-order valence-electron chi connectivity index (χ2n) is 9.83. The number of unbranched alkanes of at least 4 members (excludes halogenated alkanes) is 1. The Bertz CT molecular complexity index is 1240. The van der Waals surface area contributed by atoms with Gasteiger partial charge in [0.25, 0.3) is 5.91 Å². The molecule has 2 aromatic carbocycles. The number of fused-ring (bicyclic) bond motifs is 1. The quantitative estimate of drug-likeness (QED) is 0.534. The summed E-state index contributed by atoms with van der Waals surface area (Å²) in [6.45, 7) is 6.02. The van der Waals surface area contributed by atoms with Crippen molar-refractivity contribution in [1.82, 2.24) is 9.88 Å². The number of rotatable bonds is 7. The lowest BCUT2D eigenvalue weighted by molar-refractivity contribution is 0.0896. The zero-order chi connectivity index (χ0) is 24.3. The molecule has 0 spiro atoms. The van der Waals surface area contributed by atoms with Crippen LogP contribution in [0, 0.1) is 0 Å². The van der Waals surface area contributed by atoms with Crippen molar-refractivity contribution >= 4 is 22.5 Å². The van der Waals surface area contributed by atoms with Gasteiger partial charge in [0.15, 0.2) is 0 Å². The fraction of sp³-hybridized carbons (Fsp3) is 0.448. The van der Waals surface area contributed by atoms with E-state index in [1.165, 1.54) is 0 Å². The second kappa shape index (κ2) is 10.2. The topological polar surface area (TPSA) is 63.6 Å². The summed E-state index contributed by atoms with van der Waals surface area (Å²) in [5.74, 6) is -0.273. The van der Waals surface area contributed by atoms with E-state index in [1.807, 2.05) is 30.3 Å². The van der Waals surface area contributed by atoms with Gasteiger partial charge in [-0.2, -0.15) is 0 Å². The van der Waals surface area contributed by atoms with E-state index in [0.29, 0.717) is 18.6 Å². The third-order valence-electron chi connectivity index (χ3n) is 7.57. The Morgan fingerprint density at radius 2 is 1.80 bits per heavy atom. The predicted molar refractivity (Wildman–Crippen MR) is 140 cm³/mol. The number of benzene rings is 2. The van der Waals surface area contributed by atoms with Crippen LogP contribution in [0.1, 0.15) is 61.4 Å². The summed E-state index contributed by atoms with van der Waals surface area (Å²) in [5, 5.41) is 3.91. The number of ether oxygens (including phenoxy) is 1. The number of aromatic nitrogens is 1. The van der Waals surface area contributed by atoms with Gasteiger partial charge >= 0.3 is 0 Å². The zero-order valence-electron chi connectivity index (χ0n) is 20.6. The maximum Gasteiger partial charge on any atom is 0.257 e. The molecule has 5 rings (SSSR count). The number of pyridine rings is 1. The lowest BCUT2D eigenvalue weighted by Crippen LogP contribution is -2.45. The average Bonchev–Trinajstić information content (AvgIpc) is 3.38. The van der Waals surface area contributed by atoms with Crippen molar-refractivity contribution in [2.24, 2.45) is 0 Å². The van der Waals surface area contributed by atoms with Crippen LogP contribution in [0.5, 0.6) is 0 Å². The standard InChI is InChI=1S/C29H35N3O3/c1-2-3-15-32-21-25(28(34)30-29(13-7-8-14-29)22-9-5-4-6-10-22)27(33)24-12-11-23(20-26(24)32)31-16-18-35-19-17-31/h4-6,9-12,20-21H,2-3,7-8,13-19H2,1H3,(H,30,34). The maximum atomic E-state index is 13.6. The van der Waals surface area contributed by atoms with Crippen molar-refractivity contribution < 1.29 is 9.53 Å². The van der Waals surface area contributed by atoms with Crippen LogP contribution in [0.25, 0.3) is 10.9 Å². The first-order valence-corrected chi connectivity index (χ1v) is 13.0. The van der Waals surface area contributed by atoms with Gasteiger partial charge in [-0.05, 0) is 43.0 Å². The highest BCUT2D eigenvalue weighted by Gasteiger charge is 2.37. The van der Waals surface area contributed by atoms with E-state index in [0.717, 1.165) is 74.9 Å². The molecule has 1 aromatic heterocycles. The maximum absolute atomic E-state index is 13.6. The van der Waals surface area contributed by atoms with Gasteiger partial charge in [0.05, 0.1) is 24.3 Å². The molecular weight excluding hydrogens is 438 g/mol. The first-order valence-electron chi connectivity index (χ1n) is 13.0. The number of hydrogen-bond acceptors (Lipinski definition) is 4. The summed E-state index contributed by atoms with van der Waals surface area (Å²) >= 11 is 0. The van der Waals surface area contributed by atoms with Crippen LogP contribution in [0.4, 0.5) is 5.69 Å². The number of aryl methyl sites for hydroxylation is 1. The highest BCUT2D eigenvalue weighted by atomic mass is 16.5. The molecule has 35 heavy (non-hydrogen) atoms. The van der Waals surface area contributed by atoms with Crippen LogP contribution in [0.15, 0.2) is 59.5 Å². The van der Waals surface area contributed by atoms with Crippen molar-refractivity contribution in [2.75, 3.05) is 31.2 Å². The van der Waals surface area contributed by atoms with Gasteiger partial charge in [0.1, 0.15) is 5.56 Å². The monoisotopic (exact) mass is 473 g/mol. The number of carbonyl (C=O) groups is 1. The molecule has 3 aromatic rings. The number of nitrogens with zero attached hydrogens (tertiary/aromatic N) is 2. The molecule has 1 amide bonds. The van der Waals surface area contributed by atoms with Crippen molar-refractivity contribution in [3.8, 4) is 0 Å².